The highest BCUT2D eigenvalue weighted by molar-refractivity contribution is 6.31. The van der Waals surface area contributed by atoms with E-state index in [1.165, 1.54) is 6.07 Å². The lowest BCUT2D eigenvalue weighted by Gasteiger charge is -2.19. The fourth-order valence-electron chi connectivity index (χ4n) is 1.35. The zero-order chi connectivity index (χ0) is 12.5. The van der Waals surface area contributed by atoms with Crippen molar-refractivity contribution in [3.8, 4) is 0 Å². The third-order valence-corrected chi connectivity index (χ3v) is 2.95. The molecule has 2 atom stereocenters. The summed E-state index contributed by atoms with van der Waals surface area (Å²) in [5.41, 5.74) is 5.40. The number of alkyl halides is 3. The average molecular weight is 252 g/mol. The summed E-state index contributed by atoms with van der Waals surface area (Å²) in [6.07, 6.45) is -4.35. The first kappa shape index (κ1) is 13.3. The molecule has 0 aliphatic rings. The van der Waals surface area contributed by atoms with Gasteiger partial charge < -0.3 is 5.73 Å². The number of hydrogen-bond acceptors (Lipinski definition) is 1. The predicted molar refractivity (Wildman–Crippen MR) is 58.5 cm³/mol. The molecule has 0 bridgehead atoms. The first-order valence-corrected chi connectivity index (χ1v) is 5.23. The quantitative estimate of drug-likeness (QED) is 0.850. The van der Waals surface area contributed by atoms with Gasteiger partial charge in [-0.05, 0) is 36.6 Å². The van der Waals surface area contributed by atoms with Gasteiger partial charge in [-0.2, -0.15) is 13.2 Å². The smallest absolute Gasteiger partial charge is 0.327 e. The van der Waals surface area contributed by atoms with E-state index in [1.54, 1.807) is 13.8 Å². The number of benzene rings is 1. The minimum Gasteiger partial charge on any atom is -0.327 e. The third-order valence-electron chi connectivity index (χ3n) is 2.60. The van der Waals surface area contributed by atoms with Crippen molar-refractivity contribution in [2.45, 2.75) is 32.0 Å². The fraction of sp³-hybridized carbons (Fsp3) is 0.455. The molecule has 0 aliphatic heterocycles. The minimum atomic E-state index is -4.35. The van der Waals surface area contributed by atoms with E-state index in [4.69, 9.17) is 17.3 Å². The zero-order valence-corrected chi connectivity index (χ0v) is 9.73. The van der Waals surface area contributed by atoms with Crippen LogP contribution < -0.4 is 5.73 Å². The van der Waals surface area contributed by atoms with Crippen LogP contribution in [0.1, 0.15) is 30.9 Å². The highest BCUT2D eigenvalue weighted by Crippen LogP contribution is 2.34. The van der Waals surface area contributed by atoms with Gasteiger partial charge in [-0.1, -0.05) is 18.5 Å². The van der Waals surface area contributed by atoms with Gasteiger partial charge in [-0.3, -0.25) is 0 Å². The molecule has 1 rings (SSSR count). The maximum Gasteiger partial charge on any atom is 0.416 e. The van der Waals surface area contributed by atoms with Crippen molar-refractivity contribution < 1.29 is 13.2 Å². The SMILES string of the molecule is CC(N)C(C)c1cc(C(F)(F)F)ccc1Cl. The Hall–Kier alpha value is -0.740. The second kappa shape index (κ2) is 4.63. The van der Waals surface area contributed by atoms with Crippen molar-refractivity contribution in [3.05, 3.63) is 34.3 Å². The van der Waals surface area contributed by atoms with Crippen LogP contribution in [0, 0.1) is 0 Å². The normalized spacial score (nSPS) is 15.9. The number of halogens is 4. The molecular formula is C11H13ClF3N. The molecule has 16 heavy (non-hydrogen) atoms. The van der Waals surface area contributed by atoms with E-state index in [1.807, 2.05) is 0 Å². The van der Waals surface area contributed by atoms with Gasteiger partial charge in [0.05, 0.1) is 5.56 Å². The fourth-order valence-corrected chi connectivity index (χ4v) is 1.64. The summed E-state index contributed by atoms with van der Waals surface area (Å²) in [6, 6.07) is 3.05. The first-order valence-electron chi connectivity index (χ1n) is 4.85. The summed E-state index contributed by atoms with van der Waals surface area (Å²) in [5.74, 6) is -0.213. The van der Waals surface area contributed by atoms with Gasteiger partial charge in [0.15, 0.2) is 0 Å². The molecule has 0 spiro atoms. The van der Waals surface area contributed by atoms with Crippen molar-refractivity contribution in [1.82, 2.24) is 0 Å². The molecule has 5 heteroatoms. The molecule has 0 fully saturated rings. The minimum absolute atomic E-state index is 0.213. The lowest BCUT2D eigenvalue weighted by molar-refractivity contribution is -0.137. The predicted octanol–water partition coefficient (Wildman–Crippen LogP) is 3.81. The molecule has 1 aromatic carbocycles. The molecule has 2 N–H and O–H groups in total. The Bertz CT molecular complexity index is 374. The van der Waals surface area contributed by atoms with Crippen LogP contribution in [0.5, 0.6) is 0 Å². The Kier molecular flexibility index (Phi) is 3.86. The molecule has 0 aromatic heterocycles. The van der Waals surface area contributed by atoms with Crippen LogP contribution in [0.15, 0.2) is 18.2 Å². The van der Waals surface area contributed by atoms with Crippen LogP contribution in [-0.2, 0) is 6.18 Å². The number of nitrogens with two attached hydrogens (primary N) is 1. The van der Waals surface area contributed by atoms with Gasteiger partial charge in [-0.25, -0.2) is 0 Å². The van der Waals surface area contributed by atoms with Gasteiger partial charge in [0.1, 0.15) is 0 Å². The highest BCUT2D eigenvalue weighted by Gasteiger charge is 2.31. The van der Waals surface area contributed by atoms with Crippen molar-refractivity contribution in [2.24, 2.45) is 5.73 Å². The van der Waals surface area contributed by atoms with Crippen molar-refractivity contribution >= 4 is 11.6 Å². The summed E-state index contributed by atoms with van der Waals surface area (Å²) < 4.78 is 37.5. The maximum absolute atomic E-state index is 12.5. The van der Waals surface area contributed by atoms with E-state index in [0.29, 0.717) is 10.6 Å². The van der Waals surface area contributed by atoms with Gasteiger partial charge in [0.25, 0.3) is 0 Å². The van der Waals surface area contributed by atoms with E-state index in [9.17, 15) is 13.2 Å². The summed E-state index contributed by atoms with van der Waals surface area (Å²) in [4.78, 5) is 0. The highest BCUT2D eigenvalue weighted by atomic mass is 35.5. The van der Waals surface area contributed by atoms with E-state index < -0.39 is 11.7 Å². The van der Waals surface area contributed by atoms with Gasteiger partial charge >= 0.3 is 6.18 Å². The summed E-state index contributed by atoms with van der Waals surface area (Å²) >= 11 is 5.86. The van der Waals surface area contributed by atoms with Crippen molar-refractivity contribution in [1.29, 1.82) is 0 Å². The molecule has 0 saturated heterocycles. The number of hydrogen-bond donors (Lipinski definition) is 1. The molecule has 0 amide bonds. The standard InChI is InChI=1S/C11H13ClF3N/c1-6(7(2)16)9-5-8(11(13,14)15)3-4-10(9)12/h3-7H,16H2,1-2H3. The Labute approximate surface area is 97.4 Å². The third kappa shape index (κ3) is 2.89. The van der Waals surface area contributed by atoms with Crippen LogP contribution in [-0.4, -0.2) is 6.04 Å². The summed E-state index contributed by atoms with van der Waals surface area (Å²) in [6.45, 7) is 3.49. The Morgan fingerprint density at radius 2 is 1.81 bits per heavy atom. The van der Waals surface area contributed by atoms with Gasteiger partial charge in [-0.15, -0.1) is 0 Å². The average Bonchev–Trinajstić information content (AvgIpc) is 2.15. The van der Waals surface area contributed by atoms with Gasteiger partial charge in [0, 0.05) is 11.1 Å². The Morgan fingerprint density at radius 1 is 1.25 bits per heavy atom. The largest absolute Gasteiger partial charge is 0.416 e. The van der Waals surface area contributed by atoms with Crippen LogP contribution in [0.3, 0.4) is 0 Å². The first-order chi connectivity index (χ1) is 7.23. The molecular weight excluding hydrogens is 239 g/mol. The molecule has 1 aromatic rings. The molecule has 0 aliphatic carbocycles. The topological polar surface area (TPSA) is 26.0 Å². The lowest BCUT2D eigenvalue weighted by atomic mass is 9.93. The van der Waals surface area contributed by atoms with E-state index in [-0.39, 0.29) is 12.0 Å². The molecule has 0 heterocycles. The maximum atomic E-state index is 12.5. The second-order valence-electron chi connectivity index (χ2n) is 3.88. The van der Waals surface area contributed by atoms with Crippen molar-refractivity contribution in [3.63, 3.8) is 0 Å². The lowest BCUT2D eigenvalue weighted by Crippen LogP contribution is -2.23. The van der Waals surface area contributed by atoms with E-state index in [2.05, 4.69) is 0 Å². The van der Waals surface area contributed by atoms with E-state index >= 15 is 0 Å². The second-order valence-corrected chi connectivity index (χ2v) is 4.29. The number of rotatable bonds is 2. The molecule has 2 unspecified atom stereocenters. The monoisotopic (exact) mass is 251 g/mol. The van der Waals surface area contributed by atoms with Crippen molar-refractivity contribution in [2.75, 3.05) is 0 Å². The summed E-state index contributed by atoms with van der Waals surface area (Å²) in [5, 5.41) is 0.317. The van der Waals surface area contributed by atoms with Crippen LogP contribution in [0.4, 0.5) is 13.2 Å². The Morgan fingerprint density at radius 3 is 2.25 bits per heavy atom. The molecule has 0 saturated carbocycles. The zero-order valence-electron chi connectivity index (χ0n) is 8.98. The molecule has 1 nitrogen and oxygen atoms in total. The van der Waals surface area contributed by atoms with Crippen LogP contribution >= 0.6 is 11.6 Å². The Balaban J connectivity index is 3.19. The molecule has 0 radical (unpaired) electrons. The van der Waals surface area contributed by atoms with Crippen LogP contribution in [0.2, 0.25) is 5.02 Å². The van der Waals surface area contributed by atoms with Gasteiger partial charge in [0.2, 0.25) is 0 Å². The van der Waals surface area contributed by atoms with Crippen LogP contribution in [0.25, 0.3) is 0 Å². The van der Waals surface area contributed by atoms with E-state index in [0.717, 1.165) is 12.1 Å². The summed E-state index contributed by atoms with van der Waals surface area (Å²) in [7, 11) is 0. The molecule has 90 valence electrons.